The predicted molar refractivity (Wildman–Crippen MR) is 135 cm³/mol. The summed E-state index contributed by atoms with van der Waals surface area (Å²) in [6.07, 6.45) is 0. The lowest BCUT2D eigenvalue weighted by molar-refractivity contribution is -0.122. The summed E-state index contributed by atoms with van der Waals surface area (Å²) in [6, 6.07) is 18.1. The number of hydrogen-bond acceptors (Lipinski definition) is 4. The van der Waals surface area contributed by atoms with Gasteiger partial charge in [0.05, 0.1) is 30.7 Å². The fourth-order valence-corrected chi connectivity index (χ4v) is 5.07. The molecule has 170 valence electrons. The second-order valence-corrected chi connectivity index (χ2v) is 9.91. The van der Waals surface area contributed by atoms with E-state index in [9.17, 15) is 4.79 Å². The minimum absolute atomic E-state index is 0.0162. The van der Waals surface area contributed by atoms with Crippen LogP contribution in [0.15, 0.2) is 54.6 Å². The van der Waals surface area contributed by atoms with Crippen LogP contribution >= 0.6 is 11.6 Å². The number of hydrazine groups is 1. The minimum Gasteiger partial charge on any atom is -0.496 e. The highest BCUT2D eigenvalue weighted by Crippen LogP contribution is 2.50. The number of nitrogens with one attached hydrogen (secondary N) is 1. The molecule has 0 saturated carbocycles. The minimum atomic E-state index is -0.727. The SMILES string of the molecule is COc1ccc(Cl)cc1-c1ccc2c3c1CN(c1ccccc1C(C)C)N3C(=O)C(C)(C)N2. The average molecular weight is 462 g/mol. The van der Waals surface area contributed by atoms with E-state index in [2.05, 4.69) is 48.4 Å². The van der Waals surface area contributed by atoms with Crippen molar-refractivity contribution in [3.05, 3.63) is 70.7 Å². The van der Waals surface area contributed by atoms with E-state index in [-0.39, 0.29) is 5.91 Å². The largest absolute Gasteiger partial charge is 0.496 e. The number of hydrogen-bond donors (Lipinski definition) is 1. The molecule has 0 saturated heterocycles. The van der Waals surface area contributed by atoms with Crippen LogP contribution in [0.5, 0.6) is 5.75 Å². The fraction of sp³-hybridized carbons (Fsp3) is 0.296. The summed E-state index contributed by atoms with van der Waals surface area (Å²) in [5.74, 6) is 1.09. The van der Waals surface area contributed by atoms with Crippen molar-refractivity contribution in [1.82, 2.24) is 0 Å². The van der Waals surface area contributed by atoms with Gasteiger partial charge in [-0.05, 0) is 61.2 Å². The van der Waals surface area contributed by atoms with Crippen molar-refractivity contribution in [1.29, 1.82) is 0 Å². The van der Waals surface area contributed by atoms with Crippen LogP contribution < -0.4 is 20.1 Å². The summed E-state index contributed by atoms with van der Waals surface area (Å²) in [4.78, 5) is 13.7. The van der Waals surface area contributed by atoms with Gasteiger partial charge in [-0.25, -0.2) is 5.01 Å². The molecule has 1 amide bonds. The fourth-order valence-electron chi connectivity index (χ4n) is 4.89. The van der Waals surface area contributed by atoms with Gasteiger partial charge in [-0.15, -0.1) is 0 Å². The lowest BCUT2D eigenvalue weighted by atomic mass is 9.93. The van der Waals surface area contributed by atoms with Gasteiger partial charge in [0.2, 0.25) is 0 Å². The monoisotopic (exact) mass is 461 g/mol. The number of carbonyl (C=O) groups excluding carboxylic acids is 1. The lowest BCUT2D eigenvalue weighted by Gasteiger charge is -2.42. The van der Waals surface area contributed by atoms with Crippen molar-refractivity contribution in [2.24, 2.45) is 0 Å². The van der Waals surface area contributed by atoms with Crippen molar-refractivity contribution >= 4 is 34.6 Å². The molecule has 2 aliphatic rings. The van der Waals surface area contributed by atoms with Crippen LogP contribution in [-0.4, -0.2) is 18.6 Å². The summed E-state index contributed by atoms with van der Waals surface area (Å²) in [6.45, 7) is 8.79. The first-order valence-corrected chi connectivity index (χ1v) is 11.6. The Morgan fingerprint density at radius 2 is 1.82 bits per heavy atom. The smallest absolute Gasteiger partial charge is 0.270 e. The number of methoxy groups -OCH3 is 1. The molecule has 1 N–H and O–H groups in total. The van der Waals surface area contributed by atoms with E-state index in [0.717, 1.165) is 39.5 Å². The normalized spacial score (nSPS) is 16.2. The molecule has 0 bridgehead atoms. The van der Waals surface area contributed by atoms with E-state index >= 15 is 0 Å². The highest BCUT2D eigenvalue weighted by molar-refractivity contribution is 6.31. The average Bonchev–Trinajstić information content (AvgIpc) is 3.19. The molecule has 0 fully saturated rings. The van der Waals surface area contributed by atoms with Gasteiger partial charge in [0.25, 0.3) is 5.91 Å². The third-order valence-electron chi connectivity index (χ3n) is 6.51. The zero-order chi connectivity index (χ0) is 23.5. The molecule has 0 unspecified atom stereocenters. The molecule has 0 aliphatic carbocycles. The predicted octanol–water partition coefficient (Wildman–Crippen LogP) is 6.61. The molecule has 3 aromatic rings. The Kier molecular flexibility index (Phi) is 5.05. The summed E-state index contributed by atoms with van der Waals surface area (Å²) >= 11 is 6.37. The first-order chi connectivity index (χ1) is 15.7. The van der Waals surface area contributed by atoms with Gasteiger partial charge in [0, 0.05) is 16.1 Å². The molecule has 0 spiro atoms. The van der Waals surface area contributed by atoms with Gasteiger partial charge in [-0.3, -0.25) is 9.80 Å². The van der Waals surface area contributed by atoms with Gasteiger partial charge in [0.1, 0.15) is 11.3 Å². The number of rotatable bonds is 4. The van der Waals surface area contributed by atoms with E-state index in [1.807, 2.05) is 49.2 Å². The van der Waals surface area contributed by atoms with Crippen LogP contribution in [0.1, 0.15) is 44.7 Å². The number of amides is 1. The molecular weight excluding hydrogens is 434 g/mol. The van der Waals surface area contributed by atoms with Crippen LogP contribution in [0.2, 0.25) is 5.02 Å². The number of carbonyl (C=O) groups is 1. The van der Waals surface area contributed by atoms with Crippen molar-refractivity contribution in [2.45, 2.75) is 45.7 Å². The van der Waals surface area contributed by atoms with Crippen LogP contribution in [0.4, 0.5) is 17.1 Å². The molecule has 2 heterocycles. The molecule has 0 aromatic heterocycles. The standard InChI is InChI=1S/C27H28ClN3O2/c1-16(2)18-8-6-7-9-23(18)30-15-21-19(20-14-17(28)10-13-24(20)33-5)11-12-22-25(21)31(30)26(32)27(3,4)29-22/h6-14,16,29H,15H2,1-5H3. The van der Waals surface area contributed by atoms with Gasteiger partial charge < -0.3 is 10.1 Å². The Bertz CT molecular complexity index is 1270. The van der Waals surface area contributed by atoms with Crippen molar-refractivity contribution in [3.8, 4) is 16.9 Å². The maximum Gasteiger partial charge on any atom is 0.270 e. The zero-order valence-electron chi connectivity index (χ0n) is 19.6. The van der Waals surface area contributed by atoms with E-state index in [0.29, 0.717) is 17.5 Å². The molecule has 0 radical (unpaired) electrons. The van der Waals surface area contributed by atoms with E-state index in [1.54, 1.807) is 7.11 Å². The number of ether oxygens (including phenoxy) is 1. The molecule has 5 rings (SSSR count). The molecule has 33 heavy (non-hydrogen) atoms. The van der Waals surface area contributed by atoms with Crippen LogP contribution in [0, 0.1) is 0 Å². The van der Waals surface area contributed by atoms with Gasteiger partial charge >= 0.3 is 0 Å². The molecule has 0 atom stereocenters. The van der Waals surface area contributed by atoms with Gasteiger partial charge in [0.15, 0.2) is 0 Å². The van der Waals surface area contributed by atoms with Gasteiger partial charge in [-0.2, -0.15) is 0 Å². The van der Waals surface area contributed by atoms with Crippen molar-refractivity contribution in [3.63, 3.8) is 0 Å². The maximum atomic E-state index is 13.7. The van der Waals surface area contributed by atoms with Crippen LogP contribution in [-0.2, 0) is 11.3 Å². The summed E-state index contributed by atoms with van der Waals surface area (Å²) < 4.78 is 5.66. The summed E-state index contributed by atoms with van der Waals surface area (Å²) in [5, 5.41) is 8.08. The third-order valence-corrected chi connectivity index (χ3v) is 6.74. The number of nitrogens with zero attached hydrogens (tertiary/aromatic N) is 2. The molecule has 6 heteroatoms. The van der Waals surface area contributed by atoms with Crippen LogP contribution in [0.3, 0.4) is 0 Å². The van der Waals surface area contributed by atoms with E-state index in [1.165, 1.54) is 5.56 Å². The topological polar surface area (TPSA) is 44.8 Å². The highest BCUT2D eigenvalue weighted by atomic mass is 35.5. The Morgan fingerprint density at radius 1 is 1.06 bits per heavy atom. The maximum absolute atomic E-state index is 13.7. The van der Waals surface area contributed by atoms with Crippen LogP contribution in [0.25, 0.3) is 11.1 Å². The van der Waals surface area contributed by atoms with Crippen molar-refractivity contribution < 1.29 is 9.53 Å². The Hall–Kier alpha value is -3.18. The van der Waals surface area contributed by atoms with E-state index in [4.69, 9.17) is 16.3 Å². The summed E-state index contributed by atoms with van der Waals surface area (Å²) in [7, 11) is 1.66. The molecule has 3 aromatic carbocycles. The quantitative estimate of drug-likeness (QED) is 0.474. The second kappa shape index (κ2) is 7.70. The molecule has 5 nitrogen and oxygen atoms in total. The first kappa shape index (κ1) is 21.7. The second-order valence-electron chi connectivity index (χ2n) is 9.47. The Balaban J connectivity index is 1.76. The molecular formula is C27H28ClN3O2. The number of halogens is 1. The summed E-state index contributed by atoms with van der Waals surface area (Å²) in [5.41, 5.74) is 6.37. The van der Waals surface area contributed by atoms with Gasteiger partial charge in [-0.1, -0.05) is 49.7 Å². The molecule has 2 aliphatic heterocycles. The third kappa shape index (κ3) is 3.34. The Labute approximate surface area is 199 Å². The van der Waals surface area contributed by atoms with Crippen molar-refractivity contribution in [2.75, 3.05) is 22.4 Å². The number of para-hydroxylation sites is 1. The highest BCUT2D eigenvalue weighted by Gasteiger charge is 2.47. The Morgan fingerprint density at radius 3 is 2.55 bits per heavy atom. The lowest BCUT2D eigenvalue weighted by Crippen LogP contribution is -2.57. The number of anilines is 3. The zero-order valence-corrected chi connectivity index (χ0v) is 20.3. The van der Waals surface area contributed by atoms with E-state index < -0.39 is 5.54 Å². The number of benzene rings is 3. The first-order valence-electron chi connectivity index (χ1n) is 11.2.